The normalized spacial score (nSPS) is 17.7. The van der Waals surface area contributed by atoms with E-state index in [2.05, 4.69) is 14.9 Å². The summed E-state index contributed by atoms with van der Waals surface area (Å²) >= 11 is 6.43. The summed E-state index contributed by atoms with van der Waals surface area (Å²) in [4.78, 5) is 29.2. The SMILES string of the molecule is CCOC(=O)c1cnn(C2CCCN(c3cc(Cl)ccc3-c3ccc(N4CCN(C(=O)O)CC4)cc3)C2)c1C(F)F. The Labute approximate surface area is 241 Å². The first-order valence-electron chi connectivity index (χ1n) is 13.7. The number of hydrogen-bond donors (Lipinski definition) is 1. The Bertz CT molecular complexity index is 1390. The molecule has 2 aromatic carbocycles. The van der Waals surface area contributed by atoms with Crippen molar-refractivity contribution < 1.29 is 28.2 Å². The van der Waals surface area contributed by atoms with Crippen LogP contribution in [-0.4, -0.2) is 77.7 Å². The van der Waals surface area contributed by atoms with Crippen molar-refractivity contribution in [2.45, 2.75) is 32.2 Å². The number of alkyl halides is 2. The highest BCUT2D eigenvalue weighted by Crippen LogP contribution is 2.38. The second-order valence-corrected chi connectivity index (χ2v) is 10.6. The molecule has 9 nitrogen and oxygen atoms in total. The molecular weight excluding hydrogens is 556 g/mol. The van der Waals surface area contributed by atoms with Gasteiger partial charge in [-0.3, -0.25) is 4.68 Å². The summed E-state index contributed by atoms with van der Waals surface area (Å²) in [5.41, 5.74) is 3.22. The smallest absolute Gasteiger partial charge is 0.407 e. The lowest BCUT2D eigenvalue weighted by atomic mass is 9.99. The van der Waals surface area contributed by atoms with E-state index in [0.717, 1.165) is 28.9 Å². The van der Waals surface area contributed by atoms with Gasteiger partial charge in [0.1, 0.15) is 11.3 Å². The van der Waals surface area contributed by atoms with Gasteiger partial charge >= 0.3 is 12.1 Å². The van der Waals surface area contributed by atoms with Gasteiger partial charge in [-0.1, -0.05) is 29.8 Å². The topological polar surface area (TPSA) is 91.1 Å². The molecule has 0 bridgehead atoms. The van der Waals surface area contributed by atoms with E-state index in [0.29, 0.717) is 50.7 Å². The fourth-order valence-electron chi connectivity index (χ4n) is 5.64. The molecule has 1 unspecified atom stereocenters. The second-order valence-electron chi connectivity index (χ2n) is 10.1. The molecule has 1 N–H and O–H groups in total. The molecule has 5 rings (SSSR count). The largest absolute Gasteiger partial charge is 0.465 e. The zero-order valence-corrected chi connectivity index (χ0v) is 23.4. The van der Waals surface area contributed by atoms with Crippen LogP contribution in [0.25, 0.3) is 11.1 Å². The molecule has 2 saturated heterocycles. The highest BCUT2D eigenvalue weighted by Gasteiger charge is 2.32. The van der Waals surface area contributed by atoms with Crippen molar-refractivity contribution >= 4 is 35.0 Å². The Hall–Kier alpha value is -3.86. The molecule has 3 aromatic rings. The van der Waals surface area contributed by atoms with E-state index in [4.69, 9.17) is 16.3 Å². The molecule has 12 heteroatoms. The standard InChI is InChI=1S/C29H32ClF2N5O4/c1-2-41-28(38)24-17-33-37(26(24)27(31)32)22-4-3-11-36(18-22)25-16-20(30)7-10-23(25)19-5-8-21(9-6-19)34-12-14-35(15-13-34)29(39)40/h5-10,16-17,22,27H,2-4,11-15,18H2,1H3,(H,39,40). The zero-order chi connectivity index (χ0) is 29.1. The van der Waals surface area contributed by atoms with Crippen LogP contribution >= 0.6 is 11.6 Å². The first kappa shape index (κ1) is 28.7. The molecule has 41 heavy (non-hydrogen) atoms. The first-order valence-corrected chi connectivity index (χ1v) is 14.0. The average Bonchev–Trinajstić information content (AvgIpc) is 3.44. The van der Waals surface area contributed by atoms with Crippen LogP contribution in [0.5, 0.6) is 0 Å². The summed E-state index contributed by atoms with van der Waals surface area (Å²) in [7, 11) is 0. The number of benzene rings is 2. The van der Waals surface area contributed by atoms with E-state index < -0.39 is 24.2 Å². The van der Waals surface area contributed by atoms with E-state index in [9.17, 15) is 23.5 Å². The number of carbonyl (C=O) groups is 2. The molecule has 2 fully saturated rings. The molecule has 1 atom stereocenters. The van der Waals surface area contributed by atoms with Gasteiger partial charge in [-0.25, -0.2) is 18.4 Å². The number of rotatable bonds is 7. The van der Waals surface area contributed by atoms with Gasteiger partial charge in [-0.05, 0) is 49.6 Å². The van der Waals surface area contributed by atoms with Gasteiger partial charge in [0.25, 0.3) is 6.43 Å². The van der Waals surface area contributed by atoms with Crippen molar-refractivity contribution in [2.24, 2.45) is 0 Å². The van der Waals surface area contributed by atoms with Crippen LogP contribution in [0.1, 0.15) is 48.3 Å². The fourth-order valence-corrected chi connectivity index (χ4v) is 5.80. The average molecular weight is 588 g/mol. The van der Waals surface area contributed by atoms with Gasteiger partial charge in [0, 0.05) is 61.2 Å². The Morgan fingerprint density at radius 1 is 1.07 bits per heavy atom. The number of anilines is 2. The van der Waals surface area contributed by atoms with Gasteiger partial charge < -0.3 is 24.5 Å². The van der Waals surface area contributed by atoms with Crippen LogP contribution < -0.4 is 9.80 Å². The predicted octanol–water partition coefficient (Wildman–Crippen LogP) is 5.96. The number of piperazine rings is 1. The fraction of sp³-hybridized carbons (Fsp3) is 0.414. The highest BCUT2D eigenvalue weighted by molar-refractivity contribution is 6.31. The maximum atomic E-state index is 14.1. The third kappa shape index (κ3) is 6.09. The Morgan fingerprint density at radius 2 is 1.80 bits per heavy atom. The van der Waals surface area contributed by atoms with Crippen LogP contribution in [0.3, 0.4) is 0 Å². The third-order valence-corrected chi connectivity index (χ3v) is 7.91. The molecular formula is C29H32ClF2N5O4. The van der Waals surface area contributed by atoms with Gasteiger partial charge in [-0.15, -0.1) is 0 Å². The van der Waals surface area contributed by atoms with Gasteiger partial charge in [0.2, 0.25) is 0 Å². The van der Waals surface area contributed by atoms with E-state index in [1.807, 2.05) is 42.5 Å². The minimum Gasteiger partial charge on any atom is -0.465 e. The van der Waals surface area contributed by atoms with E-state index in [1.54, 1.807) is 6.92 Å². The second kappa shape index (κ2) is 12.3. The molecule has 218 valence electrons. The van der Waals surface area contributed by atoms with Crippen molar-refractivity contribution in [3.05, 3.63) is 64.9 Å². The predicted molar refractivity (Wildman–Crippen MR) is 152 cm³/mol. The van der Waals surface area contributed by atoms with E-state index >= 15 is 0 Å². The lowest BCUT2D eigenvalue weighted by Crippen LogP contribution is -2.48. The summed E-state index contributed by atoms with van der Waals surface area (Å²) in [5.74, 6) is -0.800. The zero-order valence-electron chi connectivity index (χ0n) is 22.7. The summed E-state index contributed by atoms with van der Waals surface area (Å²) in [6.45, 7) is 5.01. The Kier molecular flexibility index (Phi) is 8.63. The number of nitrogens with zero attached hydrogens (tertiary/aromatic N) is 5. The maximum absolute atomic E-state index is 14.1. The molecule has 3 heterocycles. The van der Waals surface area contributed by atoms with Crippen LogP contribution in [0, 0.1) is 0 Å². The summed E-state index contributed by atoms with van der Waals surface area (Å²) in [6.07, 6.45) is -1.21. The van der Waals surface area contributed by atoms with Crippen LogP contribution in [0.2, 0.25) is 5.02 Å². The number of esters is 1. The molecule has 1 amide bonds. The maximum Gasteiger partial charge on any atom is 0.407 e. The lowest BCUT2D eigenvalue weighted by Gasteiger charge is -2.36. The Balaban J connectivity index is 1.38. The van der Waals surface area contributed by atoms with Crippen molar-refractivity contribution in [2.75, 3.05) is 55.7 Å². The molecule has 0 aliphatic carbocycles. The van der Waals surface area contributed by atoms with Gasteiger partial charge in [0.05, 0.1) is 18.8 Å². The number of halogens is 3. The molecule has 0 spiro atoms. The number of carbonyl (C=O) groups excluding carboxylic acids is 1. The van der Waals surface area contributed by atoms with Gasteiger partial charge in [0.15, 0.2) is 0 Å². The number of carboxylic acid groups (broad SMARTS) is 1. The number of amides is 1. The molecule has 2 aliphatic heterocycles. The third-order valence-electron chi connectivity index (χ3n) is 7.67. The van der Waals surface area contributed by atoms with Crippen molar-refractivity contribution in [1.29, 1.82) is 0 Å². The Morgan fingerprint density at radius 3 is 2.46 bits per heavy atom. The molecule has 2 aliphatic rings. The quantitative estimate of drug-likeness (QED) is 0.341. The number of aromatic nitrogens is 2. The van der Waals surface area contributed by atoms with Crippen molar-refractivity contribution in [3.8, 4) is 11.1 Å². The van der Waals surface area contributed by atoms with Crippen molar-refractivity contribution in [3.63, 3.8) is 0 Å². The monoisotopic (exact) mass is 587 g/mol. The first-order chi connectivity index (χ1) is 19.8. The number of ether oxygens (including phenoxy) is 1. The van der Waals surface area contributed by atoms with Crippen LogP contribution in [-0.2, 0) is 4.74 Å². The highest BCUT2D eigenvalue weighted by atomic mass is 35.5. The molecule has 1 aromatic heterocycles. The number of piperidine rings is 1. The van der Waals surface area contributed by atoms with Crippen LogP contribution in [0.15, 0.2) is 48.7 Å². The minimum absolute atomic E-state index is 0.0871. The lowest BCUT2D eigenvalue weighted by molar-refractivity contribution is 0.0512. The summed E-state index contributed by atoms with van der Waals surface area (Å²) in [6, 6.07) is 13.4. The summed E-state index contributed by atoms with van der Waals surface area (Å²) in [5, 5.41) is 14.0. The van der Waals surface area contributed by atoms with Gasteiger partial charge in [-0.2, -0.15) is 5.10 Å². The summed E-state index contributed by atoms with van der Waals surface area (Å²) < 4.78 is 34.5. The van der Waals surface area contributed by atoms with Crippen molar-refractivity contribution in [1.82, 2.24) is 14.7 Å². The molecule has 0 radical (unpaired) electrons. The molecule has 0 saturated carbocycles. The number of hydrogen-bond acceptors (Lipinski definition) is 6. The van der Waals surface area contributed by atoms with Crippen LogP contribution in [0.4, 0.5) is 25.0 Å². The van der Waals surface area contributed by atoms with E-state index in [-0.39, 0.29) is 18.2 Å². The van der Waals surface area contributed by atoms with E-state index in [1.165, 1.54) is 15.8 Å². The minimum atomic E-state index is -2.88.